The quantitative estimate of drug-likeness (QED) is 0.137. The number of hydrogen-bond acceptors (Lipinski definition) is 4. The monoisotopic (exact) mass is 476 g/mol. The molecule has 1 aromatic rings. The Hall–Kier alpha value is -2.17. The van der Waals surface area contributed by atoms with Crippen LogP contribution in [0.2, 0.25) is 0 Å². The lowest BCUT2D eigenvalue weighted by Gasteiger charge is -2.10. The molecule has 1 rings (SSSR count). The molecule has 0 amide bonds. The van der Waals surface area contributed by atoms with Crippen molar-refractivity contribution in [3.8, 4) is 17.2 Å². The molecule has 0 aliphatic heterocycles. The van der Waals surface area contributed by atoms with Crippen molar-refractivity contribution in [3.05, 3.63) is 23.3 Å². The number of carboxylic acids is 1. The number of aliphatic carboxylic acids is 1. The van der Waals surface area contributed by atoms with Gasteiger partial charge >= 0.3 is 5.97 Å². The molecule has 194 valence electrons. The highest BCUT2D eigenvalue weighted by molar-refractivity contribution is 5.92. The summed E-state index contributed by atoms with van der Waals surface area (Å²) in [6.45, 7) is 2.27. The van der Waals surface area contributed by atoms with Crippen LogP contribution in [0.15, 0.2) is 17.7 Å². The predicted octanol–water partition coefficient (Wildman–Crippen LogP) is 8.53. The molecule has 0 spiro atoms. The number of benzene rings is 1. The summed E-state index contributed by atoms with van der Waals surface area (Å²) in [5, 5.41) is 19.6. The first kappa shape index (κ1) is 29.9. The molecule has 0 fully saturated rings. The molecule has 0 unspecified atom stereocenters. The van der Waals surface area contributed by atoms with E-state index >= 15 is 0 Å². The van der Waals surface area contributed by atoms with Gasteiger partial charge in [0, 0.05) is 5.57 Å². The summed E-state index contributed by atoms with van der Waals surface area (Å²) in [6.07, 6.45) is 22.9. The number of ether oxygens (including phenoxy) is 2. The number of aromatic hydroxyl groups is 1. The first-order chi connectivity index (χ1) is 16.5. The molecule has 0 aliphatic carbocycles. The van der Waals surface area contributed by atoms with Crippen molar-refractivity contribution in [1.82, 2.24) is 0 Å². The first-order valence-electron chi connectivity index (χ1n) is 13.4. The average molecular weight is 477 g/mol. The molecular formula is C29H48O5. The van der Waals surface area contributed by atoms with E-state index in [9.17, 15) is 15.0 Å². The van der Waals surface area contributed by atoms with E-state index in [4.69, 9.17) is 9.47 Å². The Labute approximate surface area is 207 Å². The van der Waals surface area contributed by atoms with Crippen LogP contribution in [0.1, 0.15) is 122 Å². The molecule has 0 saturated carbocycles. The summed E-state index contributed by atoms with van der Waals surface area (Å²) in [4.78, 5) is 11.7. The van der Waals surface area contributed by atoms with Gasteiger partial charge in [-0.1, -0.05) is 103 Å². The number of unbranched alkanes of at least 4 members (excludes halogenated alkanes) is 15. The average Bonchev–Trinajstić information content (AvgIpc) is 2.83. The Kier molecular flexibility index (Phi) is 16.8. The molecule has 5 nitrogen and oxygen atoms in total. The highest BCUT2D eigenvalue weighted by Crippen LogP contribution is 2.37. The van der Waals surface area contributed by atoms with Crippen molar-refractivity contribution in [2.24, 2.45) is 0 Å². The second kappa shape index (κ2) is 19.2. The third kappa shape index (κ3) is 12.9. The van der Waals surface area contributed by atoms with Crippen molar-refractivity contribution in [1.29, 1.82) is 0 Å². The minimum absolute atomic E-state index is 0.0863. The third-order valence-electron chi connectivity index (χ3n) is 6.42. The summed E-state index contributed by atoms with van der Waals surface area (Å²) < 4.78 is 10.3. The predicted molar refractivity (Wildman–Crippen MR) is 141 cm³/mol. The van der Waals surface area contributed by atoms with Gasteiger partial charge in [-0.15, -0.1) is 0 Å². The van der Waals surface area contributed by atoms with Crippen LogP contribution >= 0.6 is 0 Å². The summed E-state index contributed by atoms with van der Waals surface area (Å²) in [6, 6.07) is 3.24. The van der Waals surface area contributed by atoms with E-state index in [1.54, 1.807) is 18.2 Å². The minimum atomic E-state index is -0.910. The maximum absolute atomic E-state index is 11.7. The van der Waals surface area contributed by atoms with E-state index in [0.29, 0.717) is 17.6 Å². The number of methoxy groups -OCH3 is 2. The van der Waals surface area contributed by atoms with Gasteiger partial charge in [0.1, 0.15) is 0 Å². The fourth-order valence-electron chi connectivity index (χ4n) is 4.30. The first-order valence-corrected chi connectivity index (χ1v) is 13.4. The van der Waals surface area contributed by atoms with Gasteiger partial charge in [-0.2, -0.15) is 0 Å². The number of rotatable bonds is 21. The van der Waals surface area contributed by atoms with E-state index in [-0.39, 0.29) is 17.2 Å². The second-order valence-corrected chi connectivity index (χ2v) is 9.30. The molecule has 0 aliphatic rings. The van der Waals surface area contributed by atoms with Crippen molar-refractivity contribution in [2.75, 3.05) is 14.2 Å². The van der Waals surface area contributed by atoms with E-state index in [2.05, 4.69) is 6.92 Å². The molecule has 1 aromatic carbocycles. The van der Waals surface area contributed by atoms with Gasteiger partial charge in [0.2, 0.25) is 5.75 Å². The lowest BCUT2D eigenvalue weighted by Crippen LogP contribution is -2.01. The zero-order chi connectivity index (χ0) is 25.0. The standard InChI is InChI=1S/C29H48O5/c1-4-5-6-7-8-9-10-11-12-13-14-15-16-17-18-19-20-25(29(31)32)21-24-22-26(33-2)28(30)27(23-24)34-3/h21-23,30H,4-20H2,1-3H3,(H,31,32)/b25-21+. The Balaban J connectivity index is 2.19. The van der Waals surface area contributed by atoms with Crippen LogP contribution in [0.4, 0.5) is 0 Å². The lowest BCUT2D eigenvalue weighted by atomic mass is 10.0. The van der Waals surface area contributed by atoms with Gasteiger partial charge in [0.05, 0.1) is 14.2 Å². The highest BCUT2D eigenvalue weighted by atomic mass is 16.5. The van der Waals surface area contributed by atoms with Gasteiger partial charge < -0.3 is 19.7 Å². The zero-order valence-electron chi connectivity index (χ0n) is 21.9. The van der Waals surface area contributed by atoms with E-state index < -0.39 is 5.97 Å². The SMILES string of the molecule is CCCCCCCCCCCCCCCCCC/C(=C\c1cc(OC)c(O)c(OC)c1)C(=O)O. The molecule has 0 aromatic heterocycles. The van der Waals surface area contributed by atoms with Gasteiger partial charge in [0.25, 0.3) is 0 Å². The molecule has 5 heteroatoms. The van der Waals surface area contributed by atoms with Crippen LogP contribution in [0.5, 0.6) is 17.2 Å². The van der Waals surface area contributed by atoms with Crippen LogP contribution in [0.3, 0.4) is 0 Å². The van der Waals surface area contributed by atoms with Crippen LogP contribution in [0, 0.1) is 0 Å². The van der Waals surface area contributed by atoms with Gasteiger partial charge in [-0.25, -0.2) is 4.79 Å². The number of hydrogen-bond donors (Lipinski definition) is 2. The van der Waals surface area contributed by atoms with Crippen molar-refractivity contribution >= 4 is 12.0 Å². The number of carbonyl (C=O) groups is 1. The largest absolute Gasteiger partial charge is 0.502 e. The Morgan fingerprint density at radius 3 is 1.47 bits per heavy atom. The number of phenols is 1. The summed E-state index contributed by atoms with van der Waals surface area (Å²) in [7, 11) is 2.91. The maximum atomic E-state index is 11.7. The Morgan fingerprint density at radius 1 is 0.735 bits per heavy atom. The highest BCUT2D eigenvalue weighted by Gasteiger charge is 2.13. The van der Waals surface area contributed by atoms with Crippen molar-refractivity contribution in [3.63, 3.8) is 0 Å². The van der Waals surface area contributed by atoms with Crippen LogP contribution in [-0.2, 0) is 4.79 Å². The molecule has 34 heavy (non-hydrogen) atoms. The molecule has 2 N–H and O–H groups in total. The van der Waals surface area contributed by atoms with Gasteiger partial charge in [-0.3, -0.25) is 0 Å². The topological polar surface area (TPSA) is 76.0 Å². The normalized spacial score (nSPS) is 11.6. The zero-order valence-corrected chi connectivity index (χ0v) is 21.9. The van der Waals surface area contributed by atoms with Gasteiger partial charge in [-0.05, 0) is 36.6 Å². The lowest BCUT2D eigenvalue weighted by molar-refractivity contribution is -0.132. The molecule has 0 radical (unpaired) electrons. The second-order valence-electron chi connectivity index (χ2n) is 9.30. The minimum Gasteiger partial charge on any atom is -0.502 e. The third-order valence-corrected chi connectivity index (χ3v) is 6.42. The Bertz CT molecular complexity index is 685. The van der Waals surface area contributed by atoms with E-state index in [1.165, 1.54) is 97.7 Å². The molecular weight excluding hydrogens is 428 g/mol. The van der Waals surface area contributed by atoms with Gasteiger partial charge in [0.15, 0.2) is 11.5 Å². The van der Waals surface area contributed by atoms with Crippen LogP contribution < -0.4 is 9.47 Å². The number of carboxylic acid groups (broad SMARTS) is 1. The smallest absolute Gasteiger partial charge is 0.331 e. The van der Waals surface area contributed by atoms with Crippen molar-refractivity contribution < 1.29 is 24.5 Å². The maximum Gasteiger partial charge on any atom is 0.331 e. The van der Waals surface area contributed by atoms with Crippen LogP contribution in [0.25, 0.3) is 6.08 Å². The van der Waals surface area contributed by atoms with Crippen LogP contribution in [-0.4, -0.2) is 30.4 Å². The summed E-state index contributed by atoms with van der Waals surface area (Å²) in [5.74, 6) is -0.473. The molecule has 0 heterocycles. The molecule has 0 saturated heterocycles. The van der Waals surface area contributed by atoms with E-state index in [1.807, 2.05) is 0 Å². The summed E-state index contributed by atoms with van der Waals surface area (Å²) >= 11 is 0. The summed E-state index contributed by atoms with van der Waals surface area (Å²) in [5.41, 5.74) is 1.00. The number of phenolic OH excluding ortho intramolecular Hbond substituents is 1. The fraction of sp³-hybridized carbons (Fsp3) is 0.690. The van der Waals surface area contributed by atoms with E-state index in [0.717, 1.165) is 19.3 Å². The van der Waals surface area contributed by atoms with Crippen molar-refractivity contribution in [2.45, 2.75) is 116 Å². The fourth-order valence-corrected chi connectivity index (χ4v) is 4.30. The Morgan fingerprint density at radius 2 is 1.12 bits per heavy atom. The molecule has 0 atom stereocenters. The molecule has 0 bridgehead atoms.